The summed E-state index contributed by atoms with van der Waals surface area (Å²) in [5.41, 5.74) is 1.00. The summed E-state index contributed by atoms with van der Waals surface area (Å²) < 4.78 is 29.0. The van der Waals surface area contributed by atoms with E-state index in [0.29, 0.717) is 0 Å². The molecule has 0 spiro atoms. The number of nitrogens with zero attached hydrogens (tertiary/aromatic N) is 1. The quantitative estimate of drug-likeness (QED) is 0.923. The van der Waals surface area contributed by atoms with E-state index in [2.05, 4.69) is 4.74 Å². The van der Waals surface area contributed by atoms with Gasteiger partial charge in [-0.15, -0.1) is 0 Å². The van der Waals surface area contributed by atoms with Crippen LogP contribution in [0.2, 0.25) is 0 Å². The summed E-state index contributed by atoms with van der Waals surface area (Å²) in [5, 5.41) is 10.0. The highest BCUT2D eigenvalue weighted by molar-refractivity contribution is 5.31. The highest BCUT2D eigenvalue weighted by Crippen LogP contribution is 2.35. The maximum absolute atomic E-state index is 12.3. The zero-order valence-corrected chi connectivity index (χ0v) is 11.8. The van der Waals surface area contributed by atoms with Gasteiger partial charge in [0.05, 0.1) is 6.10 Å². The van der Waals surface area contributed by atoms with Crippen molar-refractivity contribution < 1.29 is 18.6 Å². The molecule has 1 fully saturated rings. The largest absolute Gasteiger partial charge is 0.435 e. The maximum atomic E-state index is 12.3. The molecule has 0 aliphatic heterocycles. The summed E-state index contributed by atoms with van der Waals surface area (Å²) in [7, 11) is 3.90. The zero-order valence-electron chi connectivity index (χ0n) is 11.8. The maximum Gasteiger partial charge on any atom is 0.387 e. The standard InChI is InChI=1S/C15H21F2NO2/c1-18(2)13-9-11(6-7-14(13)19)10-4-3-5-12(8-10)20-15(16)17/h3-5,8,11,13-15,19H,6-7,9H2,1-2H3/t11-,13-,14-/m0/s1. The summed E-state index contributed by atoms with van der Waals surface area (Å²) in [5.74, 6) is 0.469. The van der Waals surface area contributed by atoms with Crippen LogP contribution < -0.4 is 4.74 Å². The van der Waals surface area contributed by atoms with E-state index in [4.69, 9.17) is 0 Å². The van der Waals surface area contributed by atoms with Crippen LogP contribution in [0.4, 0.5) is 8.78 Å². The SMILES string of the molecule is CN(C)[C@H]1C[C@@H](c2cccc(OC(F)F)c2)CC[C@@H]1O. The molecule has 1 aliphatic carbocycles. The van der Waals surface area contributed by atoms with Crippen LogP contribution in [0.15, 0.2) is 24.3 Å². The van der Waals surface area contributed by atoms with E-state index in [0.717, 1.165) is 24.8 Å². The van der Waals surface area contributed by atoms with Gasteiger partial charge in [0.1, 0.15) is 5.75 Å². The molecule has 1 saturated carbocycles. The van der Waals surface area contributed by atoms with E-state index in [1.807, 2.05) is 25.1 Å². The Bertz CT molecular complexity index is 440. The minimum absolute atomic E-state index is 0.105. The summed E-state index contributed by atoms with van der Waals surface area (Å²) in [6.45, 7) is -2.80. The van der Waals surface area contributed by atoms with Gasteiger partial charge in [-0.2, -0.15) is 8.78 Å². The van der Waals surface area contributed by atoms with E-state index >= 15 is 0 Å². The molecule has 0 aromatic heterocycles. The third-order valence-corrected chi connectivity index (χ3v) is 4.00. The number of likely N-dealkylation sites (N-methyl/N-ethyl adjacent to an activating group) is 1. The Kier molecular flexibility index (Phi) is 4.94. The van der Waals surface area contributed by atoms with Crippen molar-refractivity contribution in [1.82, 2.24) is 4.90 Å². The predicted octanol–water partition coefficient (Wildman–Crippen LogP) is 2.85. The first-order valence-electron chi connectivity index (χ1n) is 6.86. The highest BCUT2D eigenvalue weighted by atomic mass is 19.3. The first kappa shape index (κ1) is 15.2. The lowest BCUT2D eigenvalue weighted by molar-refractivity contribution is -0.0499. The number of rotatable bonds is 4. The molecule has 1 aliphatic rings. The number of hydrogen-bond donors (Lipinski definition) is 1. The Morgan fingerprint density at radius 2 is 2.05 bits per heavy atom. The molecule has 2 rings (SSSR count). The Labute approximate surface area is 118 Å². The van der Waals surface area contributed by atoms with Gasteiger partial charge in [-0.05, 0) is 57.0 Å². The summed E-state index contributed by atoms with van der Waals surface area (Å²) >= 11 is 0. The smallest absolute Gasteiger partial charge is 0.387 e. The first-order chi connectivity index (χ1) is 9.47. The molecule has 3 atom stereocenters. The molecule has 5 heteroatoms. The van der Waals surface area contributed by atoms with Crippen LogP contribution in [0.1, 0.15) is 30.7 Å². The second kappa shape index (κ2) is 6.50. The number of benzene rings is 1. The molecule has 3 nitrogen and oxygen atoms in total. The van der Waals surface area contributed by atoms with E-state index < -0.39 is 6.61 Å². The summed E-state index contributed by atoms with van der Waals surface area (Å²) in [6.07, 6.45) is 2.10. The van der Waals surface area contributed by atoms with Gasteiger partial charge >= 0.3 is 6.61 Å². The topological polar surface area (TPSA) is 32.7 Å². The molecule has 20 heavy (non-hydrogen) atoms. The fraction of sp³-hybridized carbons (Fsp3) is 0.600. The lowest BCUT2D eigenvalue weighted by Crippen LogP contribution is -2.43. The Balaban J connectivity index is 2.11. The number of aliphatic hydroxyl groups excluding tert-OH is 1. The summed E-state index contributed by atoms with van der Waals surface area (Å²) in [4.78, 5) is 2.02. The molecule has 0 heterocycles. The zero-order chi connectivity index (χ0) is 14.7. The predicted molar refractivity (Wildman–Crippen MR) is 73.1 cm³/mol. The van der Waals surface area contributed by atoms with Crippen molar-refractivity contribution in [2.75, 3.05) is 14.1 Å². The van der Waals surface area contributed by atoms with Crippen LogP contribution in [-0.4, -0.2) is 42.9 Å². The lowest BCUT2D eigenvalue weighted by Gasteiger charge is -2.37. The van der Waals surface area contributed by atoms with Gasteiger partial charge in [-0.3, -0.25) is 0 Å². The van der Waals surface area contributed by atoms with E-state index in [1.54, 1.807) is 12.1 Å². The monoisotopic (exact) mass is 285 g/mol. The van der Waals surface area contributed by atoms with Crippen molar-refractivity contribution >= 4 is 0 Å². The Morgan fingerprint density at radius 3 is 2.70 bits per heavy atom. The van der Waals surface area contributed by atoms with Gasteiger partial charge in [0.2, 0.25) is 0 Å². The highest BCUT2D eigenvalue weighted by Gasteiger charge is 2.31. The van der Waals surface area contributed by atoms with Gasteiger partial charge in [0, 0.05) is 6.04 Å². The molecule has 0 radical (unpaired) electrons. The molecule has 0 saturated heterocycles. The van der Waals surface area contributed by atoms with Gasteiger partial charge < -0.3 is 14.7 Å². The molecule has 1 N–H and O–H groups in total. The van der Waals surface area contributed by atoms with Crippen molar-refractivity contribution in [3.05, 3.63) is 29.8 Å². The van der Waals surface area contributed by atoms with Crippen LogP contribution in [0.25, 0.3) is 0 Å². The number of halogens is 2. The van der Waals surface area contributed by atoms with Crippen LogP contribution in [0.5, 0.6) is 5.75 Å². The molecular formula is C15H21F2NO2. The normalized spacial score (nSPS) is 27.1. The average molecular weight is 285 g/mol. The van der Waals surface area contributed by atoms with Crippen LogP contribution >= 0.6 is 0 Å². The van der Waals surface area contributed by atoms with E-state index in [-0.39, 0.29) is 23.8 Å². The van der Waals surface area contributed by atoms with Gasteiger partial charge in [0.25, 0.3) is 0 Å². The molecule has 0 bridgehead atoms. The molecule has 1 aromatic rings. The van der Waals surface area contributed by atoms with E-state index in [9.17, 15) is 13.9 Å². The number of aliphatic hydroxyl groups is 1. The second-order valence-electron chi connectivity index (χ2n) is 5.56. The molecule has 0 amide bonds. The van der Waals surface area contributed by atoms with Crippen molar-refractivity contribution in [2.45, 2.75) is 43.9 Å². The van der Waals surface area contributed by atoms with Crippen LogP contribution in [-0.2, 0) is 0 Å². The minimum atomic E-state index is -2.80. The summed E-state index contributed by atoms with van der Waals surface area (Å²) in [6, 6.07) is 7.00. The Morgan fingerprint density at radius 1 is 1.30 bits per heavy atom. The molecule has 112 valence electrons. The fourth-order valence-electron chi connectivity index (χ4n) is 2.93. The minimum Gasteiger partial charge on any atom is -0.435 e. The lowest BCUT2D eigenvalue weighted by atomic mass is 9.79. The fourth-order valence-corrected chi connectivity index (χ4v) is 2.93. The molecule has 0 unspecified atom stereocenters. The Hall–Kier alpha value is -1.20. The number of alkyl halides is 2. The number of hydrogen-bond acceptors (Lipinski definition) is 3. The average Bonchev–Trinajstić information content (AvgIpc) is 2.38. The van der Waals surface area contributed by atoms with E-state index in [1.165, 1.54) is 6.07 Å². The second-order valence-corrected chi connectivity index (χ2v) is 5.56. The van der Waals surface area contributed by atoms with Crippen molar-refractivity contribution in [2.24, 2.45) is 0 Å². The molecular weight excluding hydrogens is 264 g/mol. The van der Waals surface area contributed by atoms with Gasteiger partial charge in [0.15, 0.2) is 0 Å². The van der Waals surface area contributed by atoms with Crippen LogP contribution in [0, 0.1) is 0 Å². The van der Waals surface area contributed by atoms with Crippen molar-refractivity contribution in [3.63, 3.8) is 0 Å². The molecule has 1 aromatic carbocycles. The van der Waals surface area contributed by atoms with Gasteiger partial charge in [-0.1, -0.05) is 12.1 Å². The van der Waals surface area contributed by atoms with Gasteiger partial charge in [-0.25, -0.2) is 0 Å². The first-order valence-corrected chi connectivity index (χ1v) is 6.86. The third kappa shape index (κ3) is 3.67. The third-order valence-electron chi connectivity index (χ3n) is 4.00. The van der Waals surface area contributed by atoms with Crippen molar-refractivity contribution in [3.8, 4) is 5.75 Å². The number of ether oxygens (including phenoxy) is 1. The van der Waals surface area contributed by atoms with Crippen molar-refractivity contribution in [1.29, 1.82) is 0 Å². The van der Waals surface area contributed by atoms with Crippen LogP contribution in [0.3, 0.4) is 0 Å².